The lowest BCUT2D eigenvalue weighted by molar-refractivity contribution is -0.139. The average Bonchev–Trinajstić information content (AvgIpc) is 2.78. The minimum atomic E-state index is -0.896. The first-order valence-electron chi connectivity index (χ1n) is 10.1. The van der Waals surface area contributed by atoms with Gasteiger partial charge in [-0.2, -0.15) is 5.26 Å². The summed E-state index contributed by atoms with van der Waals surface area (Å²) in [6.45, 7) is 3.11. The van der Waals surface area contributed by atoms with Crippen molar-refractivity contribution in [1.29, 1.82) is 5.26 Å². The Labute approximate surface area is 199 Å². The van der Waals surface area contributed by atoms with E-state index in [9.17, 15) is 14.9 Å². The maximum atomic E-state index is 12.8. The number of carbonyl (C=O) groups is 2. The number of hydrogen-bond acceptors (Lipinski definition) is 7. The van der Waals surface area contributed by atoms with Crippen molar-refractivity contribution in [1.82, 2.24) is 0 Å². The lowest BCUT2D eigenvalue weighted by Crippen LogP contribution is -2.26. The maximum absolute atomic E-state index is 12.8. The van der Waals surface area contributed by atoms with Gasteiger partial charge in [0.2, 0.25) is 5.88 Å². The molecule has 0 aromatic heterocycles. The largest absolute Gasteiger partial charge is 0.483 e. The summed E-state index contributed by atoms with van der Waals surface area (Å²) < 4.78 is 17.1. The van der Waals surface area contributed by atoms with Gasteiger partial charge in [0, 0.05) is 15.7 Å². The molecule has 1 amide bonds. The van der Waals surface area contributed by atoms with E-state index in [1.807, 2.05) is 12.1 Å². The molecule has 3 N–H and O–H groups in total. The third-order valence-electron chi connectivity index (χ3n) is 4.80. The quantitative estimate of drug-likeness (QED) is 0.535. The zero-order valence-electron chi connectivity index (χ0n) is 18.1. The SMILES string of the molecule is CCOC(=O)C1=C(C)OC(N)=C(C#N)C1c1cc(Br)ccc1OCC(=O)Nc1ccccc1. The summed E-state index contributed by atoms with van der Waals surface area (Å²) in [6.07, 6.45) is 0. The summed E-state index contributed by atoms with van der Waals surface area (Å²) in [5.41, 5.74) is 7.25. The van der Waals surface area contributed by atoms with E-state index < -0.39 is 11.9 Å². The molecule has 0 spiro atoms. The van der Waals surface area contributed by atoms with Gasteiger partial charge >= 0.3 is 5.97 Å². The van der Waals surface area contributed by atoms with Gasteiger partial charge in [-0.3, -0.25) is 4.79 Å². The second-order valence-electron chi connectivity index (χ2n) is 7.00. The Balaban J connectivity index is 1.97. The van der Waals surface area contributed by atoms with E-state index in [2.05, 4.69) is 21.2 Å². The van der Waals surface area contributed by atoms with Crippen molar-refractivity contribution in [2.24, 2.45) is 5.73 Å². The van der Waals surface area contributed by atoms with E-state index in [4.69, 9.17) is 19.9 Å². The third kappa shape index (κ3) is 5.54. The van der Waals surface area contributed by atoms with Gasteiger partial charge in [0.05, 0.1) is 18.1 Å². The Bertz CT molecular complexity index is 1170. The second kappa shape index (κ2) is 10.7. The Kier molecular flexibility index (Phi) is 7.74. The number of rotatable bonds is 7. The predicted octanol–water partition coefficient (Wildman–Crippen LogP) is 4.11. The molecule has 0 radical (unpaired) electrons. The van der Waals surface area contributed by atoms with Crippen LogP contribution in [0.3, 0.4) is 0 Å². The summed E-state index contributed by atoms with van der Waals surface area (Å²) >= 11 is 3.42. The van der Waals surface area contributed by atoms with E-state index in [0.717, 1.165) is 0 Å². The fourth-order valence-electron chi connectivity index (χ4n) is 3.40. The lowest BCUT2D eigenvalue weighted by Gasteiger charge is -2.28. The number of para-hydroxylation sites is 1. The van der Waals surface area contributed by atoms with Crippen molar-refractivity contribution in [3.05, 3.63) is 81.4 Å². The molecule has 8 nitrogen and oxygen atoms in total. The van der Waals surface area contributed by atoms with Crippen molar-refractivity contribution in [3.8, 4) is 11.8 Å². The van der Waals surface area contributed by atoms with Crippen molar-refractivity contribution in [3.63, 3.8) is 0 Å². The number of allylic oxidation sites excluding steroid dienone is 2. The Morgan fingerprint density at radius 2 is 1.97 bits per heavy atom. The molecule has 2 aromatic rings. The predicted molar refractivity (Wildman–Crippen MR) is 125 cm³/mol. The first-order valence-corrected chi connectivity index (χ1v) is 10.9. The number of anilines is 1. The number of ether oxygens (including phenoxy) is 3. The van der Waals surface area contributed by atoms with Crippen molar-refractivity contribution in [2.75, 3.05) is 18.5 Å². The van der Waals surface area contributed by atoms with Crippen LogP contribution in [0.5, 0.6) is 5.75 Å². The Morgan fingerprint density at radius 1 is 1.24 bits per heavy atom. The van der Waals surface area contributed by atoms with Crippen LogP contribution in [0.4, 0.5) is 5.69 Å². The first-order chi connectivity index (χ1) is 15.8. The normalized spacial score (nSPS) is 15.4. The number of carbonyl (C=O) groups excluding carboxylic acids is 2. The maximum Gasteiger partial charge on any atom is 0.338 e. The molecule has 0 aliphatic carbocycles. The van der Waals surface area contributed by atoms with E-state index >= 15 is 0 Å². The van der Waals surface area contributed by atoms with Gasteiger partial charge in [-0.25, -0.2) is 4.79 Å². The van der Waals surface area contributed by atoms with E-state index in [1.165, 1.54) is 0 Å². The third-order valence-corrected chi connectivity index (χ3v) is 5.29. The molecule has 9 heteroatoms. The number of benzene rings is 2. The Morgan fingerprint density at radius 3 is 2.64 bits per heavy atom. The molecule has 1 heterocycles. The highest BCUT2D eigenvalue weighted by atomic mass is 79.9. The van der Waals surface area contributed by atoms with Gasteiger partial charge in [-0.1, -0.05) is 34.1 Å². The monoisotopic (exact) mass is 511 g/mol. The van der Waals surface area contributed by atoms with Crippen LogP contribution in [0.2, 0.25) is 0 Å². The molecule has 2 aromatic carbocycles. The first kappa shape index (κ1) is 23.9. The lowest BCUT2D eigenvalue weighted by atomic mass is 9.82. The number of hydrogen-bond donors (Lipinski definition) is 2. The van der Waals surface area contributed by atoms with E-state index in [0.29, 0.717) is 21.5 Å². The molecule has 33 heavy (non-hydrogen) atoms. The van der Waals surface area contributed by atoms with Crippen molar-refractivity contribution < 1.29 is 23.8 Å². The highest BCUT2D eigenvalue weighted by Crippen LogP contribution is 2.43. The van der Waals surface area contributed by atoms with Crippen LogP contribution in [0.25, 0.3) is 0 Å². The van der Waals surface area contributed by atoms with Gasteiger partial charge < -0.3 is 25.3 Å². The smallest absolute Gasteiger partial charge is 0.338 e. The fourth-order valence-corrected chi connectivity index (χ4v) is 3.78. The van der Waals surface area contributed by atoms with Crippen LogP contribution < -0.4 is 15.8 Å². The Hall–Kier alpha value is -3.77. The zero-order chi connectivity index (χ0) is 24.0. The van der Waals surface area contributed by atoms with E-state index in [1.54, 1.807) is 56.3 Å². The summed E-state index contributed by atoms with van der Waals surface area (Å²) in [5, 5.41) is 12.5. The van der Waals surface area contributed by atoms with Crippen LogP contribution >= 0.6 is 15.9 Å². The number of nitrogens with zero attached hydrogens (tertiary/aromatic N) is 1. The molecule has 0 saturated carbocycles. The van der Waals surface area contributed by atoms with Crippen LogP contribution in [-0.2, 0) is 19.1 Å². The zero-order valence-corrected chi connectivity index (χ0v) is 19.6. The van der Waals surface area contributed by atoms with Crippen LogP contribution in [0, 0.1) is 11.3 Å². The highest BCUT2D eigenvalue weighted by molar-refractivity contribution is 9.10. The molecule has 1 aliphatic heterocycles. The molecule has 0 fully saturated rings. The average molecular weight is 512 g/mol. The van der Waals surface area contributed by atoms with Crippen LogP contribution in [0.1, 0.15) is 25.3 Å². The minimum Gasteiger partial charge on any atom is -0.483 e. The number of nitrogens with two attached hydrogens (primary N) is 1. The summed E-state index contributed by atoms with van der Waals surface area (Å²) in [6, 6.07) is 16.1. The topological polar surface area (TPSA) is 124 Å². The van der Waals surface area contributed by atoms with Crippen molar-refractivity contribution in [2.45, 2.75) is 19.8 Å². The molecule has 1 aliphatic rings. The molecule has 1 atom stereocenters. The highest BCUT2D eigenvalue weighted by Gasteiger charge is 2.38. The number of nitrogens with one attached hydrogen (secondary N) is 1. The molecule has 170 valence electrons. The second-order valence-corrected chi connectivity index (χ2v) is 7.92. The number of nitriles is 1. The standard InChI is InChI=1S/C24H22BrN3O5/c1-3-31-24(30)21-14(2)33-23(27)18(12-26)22(21)17-11-15(25)9-10-19(17)32-13-20(29)28-16-7-5-4-6-8-16/h4-11,22H,3,13,27H2,1-2H3,(H,28,29). The molecule has 0 saturated heterocycles. The molecule has 3 rings (SSSR count). The van der Waals surface area contributed by atoms with E-state index in [-0.39, 0.29) is 41.9 Å². The van der Waals surface area contributed by atoms with Gasteiger partial charge in [0.1, 0.15) is 23.2 Å². The summed E-state index contributed by atoms with van der Waals surface area (Å²) in [7, 11) is 0. The van der Waals surface area contributed by atoms with Gasteiger partial charge in [0.15, 0.2) is 6.61 Å². The number of halogens is 1. The van der Waals surface area contributed by atoms with Gasteiger partial charge in [-0.15, -0.1) is 0 Å². The van der Waals surface area contributed by atoms with Crippen molar-refractivity contribution >= 4 is 33.5 Å². The van der Waals surface area contributed by atoms with Crippen LogP contribution in [0.15, 0.2) is 75.8 Å². The number of esters is 1. The minimum absolute atomic E-state index is 0.0420. The summed E-state index contributed by atoms with van der Waals surface area (Å²) in [5.74, 6) is -1.47. The van der Waals surface area contributed by atoms with Gasteiger partial charge in [-0.05, 0) is 44.2 Å². The molecular weight excluding hydrogens is 490 g/mol. The number of amides is 1. The molecule has 1 unspecified atom stereocenters. The summed E-state index contributed by atoms with van der Waals surface area (Å²) in [4.78, 5) is 25.2. The van der Waals surface area contributed by atoms with Gasteiger partial charge in [0.25, 0.3) is 5.91 Å². The fraction of sp³-hybridized carbons (Fsp3) is 0.208. The molecular formula is C24H22BrN3O5. The van der Waals surface area contributed by atoms with Crippen LogP contribution in [-0.4, -0.2) is 25.1 Å². The molecule has 0 bridgehead atoms.